The zero-order chi connectivity index (χ0) is 24.6. The second-order valence-electron chi connectivity index (χ2n) is 7.13. The van der Waals surface area contributed by atoms with Crippen LogP contribution in [0.1, 0.15) is 40.9 Å². The smallest absolute Gasteiger partial charge is 0.368 e. The fraction of sp³-hybridized carbons (Fsp3) is 0.364. The third-order valence-electron chi connectivity index (χ3n) is 4.59. The molecule has 33 heavy (non-hydrogen) atoms. The molecule has 180 valence electrons. The molecular weight excluding hydrogens is 460 g/mol. The molecule has 2 aromatic rings. The van der Waals surface area contributed by atoms with E-state index >= 15 is 0 Å². The molecular formula is C22H26F3N2O5P. The van der Waals surface area contributed by atoms with Gasteiger partial charge in [0.2, 0.25) is 5.91 Å². The lowest BCUT2D eigenvalue weighted by atomic mass is 10.0. The average molecular weight is 486 g/mol. The van der Waals surface area contributed by atoms with E-state index in [0.717, 1.165) is 12.1 Å². The van der Waals surface area contributed by atoms with Crippen molar-refractivity contribution in [1.82, 2.24) is 5.32 Å². The van der Waals surface area contributed by atoms with E-state index in [-0.39, 0.29) is 36.9 Å². The van der Waals surface area contributed by atoms with Crippen molar-refractivity contribution in [2.45, 2.75) is 38.6 Å². The Bertz CT molecular complexity index is 1000. The van der Waals surface area contributed by atoms with Crippen molar-refractivity contribution in [1.29, 1.82) is 0 Å². The molecule has 1 atom stereocenters. The maximum Gasteiger partial charge on any atom is 0.416 e. The molecule has 0 bridgehead atoms. The van der Waals surface area contributed by atoms with E-state index < -0.39 is 37.2 Å². The lowest BCUT2D eigenvalue weighted by molar-refractivity contribution is -0.137. The highest BCUT2D eigenvalue weighted by Gasteiger charge is 2.31. The van der Waals surface area contributed by atoms with Crippen molar-refractivity contribution in [2.24, 2.45) is 5.73 Å². The van der Waals surface area contributed by atoms with Crippen LogP contribution in [0.25, 0.3) is 0 Å². The Kier molecular flexibility index (Phi) is 9.22. The third kappa shape index (κ3) is 7.99. The van der Waals surface area contributed by atoms with Crippen LogP contribution < -0.4 is 11.1 Å². The van der Waals surface area contributed by atoms with E-state index in [9.17, 15) is 27.3 Å². The van der Waals surface area contributed by atoms with Crippen LogP contribution in [0.4, 0.5) is 13.2 Å². The molecule has 7 nitrogen and oxygen atoms in total. The zero-order valence-corrected chi connectivity index (χ0v) is 19.1. The molecule has 2 aromatic carbocycles. The second kappa shape index (κ2) is 11.4. The number of alkyl halides is 3. The Balaban J connectivity index is 2.10. The molecule has 3 N–H and O–H groups in total. The van der Waals surface area contributed by atoms with Crippen LogP contribution in [0.3, 0.4) is 0 Å². The molecule has 0 aliphatic rings. The SMILES string of the molecule is CCOP(=O)(Cc1ccc(C(=O)N[C@H](Cc2cccc(C(F)(F)F)c2)C(N)=O)cc1)OCC. The van der Waals surface area contributed by atoms with Gasteiger partial charge in [-0.1, -0.05) is 30.3 Å². The van der Waals surface area contributed by atoms with Gasteiger partial charge in [0, 0.05) is 12.0 Å². The molecule has 0 spiro atoms. The van der Waals surface area contributed by atoms with Crippen LogP contribution >= 0.6 is 7.60 Å². The summed E-state index contributed by atoms with van der Waals surface area (Å²) < 4.78 is 61.9. The molecule has 0 saturated carbocycles. The van der Waals surface area contributed by atoms with E-state index in [4.69, 9.17) is 14.8 Å². The van der Waals surface area contributed by atoms with Crippen molar-refractivity contribution in [3.63, 3.8) is 0 Å². The lowest BCUT2D eigenvalue weighted by Crippen LogP contribution is -2.45. The van der Waals surface area contributed by atoms with Gasteiger partial charge in [-0.2, -0.15) is 13.2 Å². The average Bonchev–Trinajstić information content (AvgIpc) is 2.73. The molecule has 0 aliphatic carbocycles. The minimum atomic E-state index is -4.53. The number of hydrogen-bond acceptors (Lipinski definition) is 5. The van der Waals surface area contributed by atoms with Gasteiger partial charge in [-0.05, 0) is 43.2 Å². The normalized spacial score (nSPS) is 12.9. The minimum Gasteiger partial charge on any atom is -0.368 e. The Morgan fingerprint density at radius 1 is 1.03 bits per heavy atom. The first kappa shape index (κ1) is 26.6. The summed E-state index contributed by atoms with van der Waals surface area (Å²) in [6.07, 6.45) is -4.71. The summed E-state index contributed by atoms with van der Waals surface area (Å²) in [6.45, 7) is 3.84. The monoisotopic (exact) mass is 486 g/mol. The summed E-state index contributed by atoms with van der Waals surface area (Å²) in [7, 11) is -3.31. The van der Waals surface area contributed by atoms with Gasteiger partial charge in [0.1, 0.15) is 6.04 Å². The number of benzene rings is 2. The lowest BCUT2D eigenvalue weighted by Gasteiger charge is -2.18. The van der Waals surface area contributed by atoms with Crippen LogP contribution in [-0.4, -0.2) is 31.1 Å². The maximum atomic E-state index is 12.9. The van der Waals surface area contributed by atoms with Gasteiger partial charge >= 0.3 is 13.8 Å². The Hall–Kier alpha value is -2.68. The number of halogens is 3. The molecule has 0 aromatic heterocycles. The Morgan fingerprint density at radius 2 is 1.64 bits per heavy atom. The second-order valence-corrected chi connectivity index (χ2v) is 9.19. The number of amides is 2. The van der Waals surface area contributed by atoms with E-state index in [1.54, 1.807) is 26.0 Å². The van der Waals surface area contributed by atoms with Gasteiger partial charge in [-0.15, -0.1) is 0 Å². The van der Waals surface area contributed by atoms with Gasteiger partial charge < -0.3 is 20.1 Å². The summed E-state index contributed by atoms with van der Waals surface area (Å²) in [4.78, 5) is 24.4. The van der Waals surface area contributed by atoms with E-state index in [2.05, 4.69) is 5.32 Å². The number of carbonyl (C=O) groups excluding carboxylic acids is 2. The minimum absolute atomic E-state index is 0.0238. The summed E-state index contributed by atoms with van der Waals surface area (Å²) in [5.41, 5.74) is 5.50. The first-order valence-corrected chi connectivity index (χ1v) is 11.9. The van der Waals surface area contributed by atoms with Gasteiger partial charge in [-0.3, -0.25) is 14.2 Å². The quantitative estimate of drug-likeness (QED) is 0.461. The third-order valence-corrected chi connectivity index (χ3v) is 6.64. The van der Waals surface area contributed by atoms with Crippen molar-refractivity contribution >= 4 is 19.4 Å². The van der Waals surface area contributed by atoms with Crippen molar-refractivity contribution < 1.29 is 36.4 Å². The molecule has 0 unspecified atom stereocenters. The largest absolute Gasteiger partial charge is 0.416 e. The molecule has 11 heteroatoms. The molecule has 0 saturated heterocycles. The van der Waals surface area contributed by atoms with Gasteiger partial charge in [0.05, 0.1) is 24.9 Å². The van der Waals surface area contributed by atoms with Crippen LogP contribution in [0.5, 0.6) is 0 Å². The fourth-order valence-electron chi connectivity index (χ4n) is 3.08. The molecule has 0 fully saturated rings. The number of primary amides is 1. The van der Waals surface area contributed by atoms with Crippen molar-refractivity contribution in [3.05, 3.63) is 70.8 Å². The number of rotatable bonds is 11. The Labute approximate surface area is 190 Å². The number of nitrogens with one attached hydrogen (secondary N) is 1. The number of hydrogen-bond donors (Lipinski definition) is 2. The van der Waals surface area contributed by atoms with Gasteiger partial charge in [-0.25, -0.2) is 0 Å². The highest BCUT2D eigenvalue weighted by atomic mass is 31.2. The molecule has 2 rings (SSSR count). The van der Waals surface area contributed by atoms with E-state index in [1.165, 1.54) is 24.3 Å². The van der Waals surface area contributed by atoms with Crippen LogP contribution in [0.15, 0.2) is 48.5 Å². The first-order valence-electron chi connectivity index (χ1n) is 10.2. The predicted octanol–water partition coefficient (Wildman–Crippen LogP) is 4.30. The zero-order valence-electron chi connectivity index (χ0n) is 18.2. The number of nitrogens with two attached hydrogens (primary N) is 1. The van der Waals surface area contributed by atoms with Crippen LogP contribution in [0.2, 0.25) is 0 Å². The van der Waals surface area contributed by atoms with Gasteiger partial charge in [0.15, 0.2) is 0 Å². The summed E-state index contributed by atoms with van der Waals surface area (Å²) in [5.74, 6) is -1.51. The van der Waals surface area contributed by atoms with E-state index in [1.807, 2.05) is 0 Å². The highest BCUT2D eigenvalue weighted by molar-refractivity contribution is 7.53. The fourth-order valence-corrected chi connectivity index (χ4v) is 4.78. The van der Waals surface area contributed by atoms with Gasteiger partial charge in [0.25, 0.3) is 5.91 Å². The maximum absolute atomic E-state index is 12.9. The summed E-state index contributed by atoms with van der Waals surface area (Å²) in [5, 5.41) is 2.45. The summed E-state index contributed by atoms with van der Waals surface area (Å²) >= 11 is 0. The number of carbonyl (C=O) groups is 2. The van der Waals surface area contributed by atoms with Crippen LogP contribution in [0, 0.1) is 0 Å². The topological polar surface area (TPSA) is 108 Å². The Morgan fingerprint density at radius 3 is 2.15 bits per heavy atom. The van der Waals surface area contributed by atoms with E-state index in [0.29, 0.717) is 5.56 Å². The summed E-state index contributed by atoms with van der Waals surface area (Å²) in [6, 6.07) is 9.34. The van der Waals surface area contributed by atoms with Crippen LogP contribution in [-0.2, 0) is 37.2 Å². The van der Waals surface area contributed by atoms with Crippen molar-refractivity contribution in [3.8, 4) is 0 Å². The highest BCUT2D eigenvalue weighted by Crippen LogP contribution is 2.51. The molecule has 0 aliphatic heterocycles. The predicted molar refractivity (Wildman–Crippen MR) is 117 cm³/mol. The molecule has 2 amide bonds. The first-order chi connectivity index (χ1) is 15.5. The van der Waals surface area contributed by atoms with Crippen molar-refractivity contribution in [2.75, 3.05) is 13.2 Å². The molecule has 0 heterocycles. The molecule has 0 radical (unpaired) electrons. The standard InChI is InChI=1S/C22H26F3N2O5P/c1-3-31-33(30,32-4-2)14-15-8-10-17(11-9-15)21(29)27-19(20(26)28)13-16-6-5-7-18(12-16)22(23,24)25/h5-12,19H,3-4,13-14H2,1-2H3,(H2,26,28)(H,27,29)/t19-/m1/s1.